The van der Waals surface area contributed by atoms with E-state index in [9.17, 15) is 0 Å². The van der Waals surface area contributed by atoms with Crippen molar-refractivity contribution in [3.05, 3.63) is 90.1 Å². The third-order valence-corrected chi connectivity index (χ3v) is 5.78. The zero-order chi connectivity index (χ0) is 21.8. The molecular weight excluding hydrogens is 404 g/mol. The van der Waals surface area contributed by atoms with Crippen molar-refractivity contribution in [1.82, 2.24) is 9.97 Å². The molecule has 4 heterocycles. The summed E-state index contributed by atoms with van der Waals surface area (Å²) < 4.78 is 22.7. The molecule has 1 aliphatic carbocycles. The highest BCUT2D eigenvalue weighted by Crippen LogP contribution is 2.36. The van der Waals surface area contributed by atoms with Crippen LogP contribution in [0.25, 0.3) is 11.1 Å². The number of para-hydroxylation sites is 1. The van der Waals surface area contributed by atoms with E-state index in [1.165, 1.54) is 19.3 Å². The molecule has 2 aromatic heterocycles. The Morgan fingerprint density at radius 1 is 0.969 bits per heavy atom. The van der Waals surface area contributed by atoms with Crippen molar-refractivity contribution in [2.24, 2.45) is 0 Å². The number of methoxy groups -OCH3 is 1. The van der Waals surface area contributed by atoms with Crippen molar-refractivity contribution in [3.8, 4) is 5.75 Å². The van der Waals surface area contributed by atoms with Gasteiger partial charge in [-0.1, -0.05) is 42.5 Å². The first-order chi connectivity index (χ1) is 15.8. The van der Waals surface area contributed by atoms with Gasteiger partial charge < -0.3 is 18.6 Å². The third kappa shape index (κ3) is 4.52. The van der Waals surface area contributed by atoms with Crippen LogP contribution in [-0.4, -0.2) is 29.3 Å². The molecule has 0 spiro atoms. The predicted octanol–water partition coefficient (Wildman–Crippen LogP) is 5.48. The monoisotopic (exact) mass is 430 g/mol. The molecule has 32 heavy (non-hydrogen) atoms. The number of oxazole rings is 1. The van der Waals surface area contributed by atoms with Crippen LogP contribution in [0.3, 0.4) is 0 Å². The van der Waals surface area contributed by atoms with E-state index in [0.717, 1.165) is 11.3 Å². The average molecular weight is 431 g/mol. The van der Waals surface area contributed by atoms with E-state index in [-0.39, 0.29) is 6.10 Å². The van der Waals surface area contributed by atoms with Gasteiger partial charge in [-0.15, -0.1) is 0 Å². The fourth-order valence-corrected chi connectivity index (χ4v) is 4.11. The molecule has 0 amide bonds. The lowest BCUT2D eigenvalue weighted by Gasteiger charge is -2.23. The third-order valence-electron chi connectivity index (χ3n) is 5.78. The first kappa shape index (κ1) is 20.7. The molecule has 2 saturated heterocycles. The van der Waals surface area contributed by atoms with Gasteiger partial charge >= 0.3 is 0 Å². The zero-order valence-corrected chi connectivity index (χ0v) is 18.0. The van der Waals surface area contributed by atoms with Crippen LogP contribution in [0.4, 0.5) is 0 Å². The topological polar surface area (TPSA) is 66.6 Å². The van der Waals surface area contributed by atoms with Gasteiger partial charge in [0, 0.05) is 13.3 Å². The molecule has 1 saturated carbocycles. The highest BCUT2D eigenvalue weighted by molar-refractivity contribution is 5.79. The van der Waals surface area contributed by atoms with Crippen molar-refractivity contribution in [3.63, 3.8) is 0 Å². The zero-order valence-electron chi connectivity index (χ0n) is 18.0. The van der Waals surface area contributed by atoms with Crippen LogP contribution in [0.5, 0.6) is 5.75 Å². The van der Waals surface area contributed by atoms with Gasteiger partial charge in [0.1, 0.15) is 12.4 Å². The first-order valence-electron chi connectivity index (χ1n) is 11.0. The van der Waals surface area contributed by atoms with E-state index in [1.807, 2.05) is 66.7 Å². The molecule has 4 aromatic rings. The number of hydrogen-bond donors (Lipinski definition) is 0. The van der Waals surface area contributed by atoms with Crippen LogP contribution in [-0.2, 0) is 16.1 Å². The standard InChI is InChI=1S/C21H18N2O3.C5H8O/c1-24-20(15-8-3-2-4-9-15)21-23-19-17(11-7-12-18(19)26-21)25-14-16-10-5-6-13-22-16;1-2-5-3-4(1)6-5/h2-13,20H,14H2,1H3;4-5H,1-3H2. The van der Waals surface area contributed by atoms with Crippen molar-refractivity contribution in [2.45, 2.75) is 44.2 Å². The molecule has 3 aliphatic rings. The number of nitrogens with zero attached hydrogens (tertiary/aromatic N) is 2. The van der Waals surface area contributed by atoms with Crippen molar-refractivity contribution in [2.75, 3.05) is 7.11 Å². The highest BCUT2D eigenvalue weighted by atomic mass is 16.5. The Labute approximate surface area is 187 Å². The molecular formula is C26H26N2O4. The van der Waals surface area contributed by atoms with Crippen LogP contribution >= 0.6 is 0 Å². The number of aromatic nitrogens is 2. The van der Waals surface area contributed by atoms with E-state index in [4.69, 9.17) is 18.6 Å². The summed E-state index contributed by atoms with van der Waals surface area (Å²) in [6, 6.07) is 21.2. The second-order valence-electron chi connectivity index (χ2n) is 7.98. The van der Waals surface area contributed by atoms with E-state index in [1.54, 1.807) is 13.3 Å². The fourth-order valence-electron chi connectivity index (χ4n) is 4.11. The molecule has 2 aromatic carbocycles. The summed E-state index contributed by atoms with van der Waals surface area (Å²) in [5.74, 6) is 1.16. The summed E-state index contributed by atoms with van der Waals surface area (Å²) in [5.41, 5.74) is 3.18. The van der Waals surface area contributed by atoms with Gasteiger partial charge in [0.15, 0.2) is 17.2 Å². The number of fused-ring (bicyclic) bond motifs is 2. The molecule has 7 rings (SSSR count). The Bertz CT molecular complexity index is 1130. The summed E-state index contributed by atoms with van der Waals surface area (Å²) in [7, 11) is 1.64. The molecule has 3 fully saturated rings. The minimum atomic E-state index is -0.368. The Morgan fingerprint density at radius 2 is 1.75 bits per heavy atom. The quantitative estimate of drug-likeness (QED) is 0.404. The maximum absolute atomic E-state index is 5.94. The summed E-state index contributed by atoms with van der Waals surface area (Å²) in [6.07, 6.45) is 6.79. The highest BCUT2D eigenvalue weighted by Gasteiger charge is 2.36. The molecule has 3 unspecified atom stereocenters. The lowest BCUT2D eigenvalue weighted by molar-refractivity contribution is -0.0647. The Hall–Kier alpha value is -3.22. The molecule has 2 aliphatic heterocycles. The number of pyridine rings is 1. The van der Waals surface area contributed by atoms with Gasteiger partial charge in [-0.3, -0.25) is 4.98 Å². The second kappa shape index (κ2) is 9.51. The summed E-state index contributed by atoms with van der Waals surface area (Å²) in [6.45, 7) is 0.370. The number of benzene rings is 2. The Balaban J connectivity index is 0.000000306. The van der Waals surface area contributed by atoms with Crippen molar-refractivity contribution >= 4 is 11.1 Å². The maximum Gasteiger partial charge on any atom is 0.229 e. The van der Waals surface area contributed by atoms with Gasteiger partial charge in [0.05, 0.1) is 17.9 Å². The van der Waals surface area contributed by atoms with Crippen LogP contribution < -0.4 is 4.74 Å². The van der Waals surface area contributed by atoms with E-state index < -0.39 is 0 Å². The lowest BCUT2D eigenvalue weighted by Crippen LogP contribution is -2.25. The summed E-state index contributed by atoms with van der Waals surface area (Å²) in [4.78, 5) is 8.91. The largest absolute Gasteiger partial charge is 0.485 e. The maximum atomic E-state index is 5.94. The van der Waals surface area contributed by atoms with Crippen molar-refractivity contribution < 1.29 is 18.6 Å². The van der Waals surface area contributed by atoms with Crippen LogP contribution in [0.15, 0.2) is 77.3 Å². The average Bonchev–Trinajstić information content (AvgIpc) is 3.57. The second-order valence-corrected chi connectivity index (χ2v) is 7.98. The molecule has 0 radical (unpaired) electrons. The smallest absolute Gasteiger partial charge is 0.229 e. The van der Waals surface area contributed by atoms with Gasteiger partial charge in [-0.05, 0) is 49.1 Å². The van der Waals surface area contributed by atoms with Gasteiger partial charge in [0.2, 0.25) is 5.89 Å². The summed E-state index contributed by atoms with van der Waals surface area (Å²) in [5, 5.41) is 0. The van der Waals surface area contributed by atoms with Crippen LogP contribution in [0.2, 0.25) is 0 Å². The molecule has 0 N–H and O–H groups in total. The van der Waals surface area contributed by atoms with E-state index in [0.29, 0.717) is 41.6 Å². The number of hydrogen-bond acceptors (Lipinski definition) is 6. The van der Waals surface area contributed by atoms with Crippen LogP contribution in [0, 0.1) is 0 Å². The van der Waals surface area contributed by atoms with Crippen LogP contribution in [0.1, 0.15) is 42.5 Å². The predicted molar refractivity (Wildman–Crippen MR) is 120 cm³/mol. The summed E-state index contributed by atoms with van der Waals surface area (Å²) >= 11 is 0. The fraction of sp³-hybridized carbons (Fsp3) is 0.308. The van der Waals surface area contributed by atoms with Gasteiger partial charge in [-0.2, -0.15) is 0 Å². The SMILES string of the molecule is C1CC2CC1O2.COC(c1ccccc1)c1nc2c(OCc3ccccn3)cccc2o1. The number of rotatable bonds is 6. The first-order valence-corrected chi connectivity index (χ1v) is 11.0. The minimum Gasteiger partial charge on any atom is -0.485 e. The normalized spacial score (nSPS) is 19.7. The molecule has 6 heteroatoms. The number of ether oxygens (including phenoxy) is 3. The van der Waals surface area contributed by atoms with E-state index in [2.05, 4.69) is 9.97 Å². The molecule has 164 valence electrons. The van der Waals surface area contributed by atoms with Crippen molar-refractivity contribution in [1.29, 1.82) is 0 Å². The Morgan fingerprint density at radius 3 is 2.41 bits per heavy atom. The lowest BCUT2D eigenvalue weighted by atomic mass is 10.1. The molecule has 3 atom stereocenters. The minimum absolute atomic E-state index is 0.368. The van der Waals surface area contributed by atoms with Gasteiger partial charge in [-0.25, -0.2) is 4.98 Å². The molecule has 6 nitrogen and oxygen atoms in total. The Kier molecular flexibility index (Phi) is 6.14. The van der Waals surface area contributed by atoms with Gasteiger partial charge in [0.25, 0.3) is 0 Å². The molecule has 2 bridgehead atoms. The van der Waals surface area contributed by atoms with E-state index >= 15 is 0 Å².